The lowest BCUT2D eigenvalue weighted by atomic mass is 10.5. The molecule has 0 bridgehead atoms. The molecule has 0 saturated carbocycles. The van der Waals surface area contributed by atoms with Gasteiger partial charge in [0, 0.05) is 18.1 Å². The van der Waals surface area contributed by atoms with E-state index in [4.69, 9.17) is 11.6 Å². The van der Waals surface area contributed by atoms with Gasteiger partial charge in [-0.1, -0.05) is 11.6 Å². The Labute approximate surface area is 103 Å². The molecule has 2 rings (SSSR count). The summed E-state index contributed by atoms with van der Waals surface area (Å²) in [5.41, 5.74) is 0.675. The van der Waals surface area contributed by atoms with Crippen LogP contribution in [0.5, 0.6) is 0 Å². The Bertz CT molecular complexity index is 597. The van der Waals surface area contributed by atoms with Gasteiger partial charge in [0.15, 0.2) is 0 Å². The summed E-state index contributed by atoms with van der Waals surface area (Å²) in [6, 6.07) is 2.66. The van der Waals surface area contributed by atoms with E-state index in [2.05, 4.69) is 19.7 Å². The second-order valence-electron chi connectivity index (χ2n) is 3.22. The molecule has 0 fully saturated rings. The summed E-state index contributed by atoms with van der Waals surface area (Å²) in [7, 11) is -3.58. The number of nitrogens with one attached hydrogen (secondary N) is 2. The molecule has 2 heterocycles. The molecular formula is C9H9ClN4O2S. The zero-order valence-electron chi connectivity index (χ0n) is 8.59. The molecule has 0 unspecified atom stereocenters. The highest BCUT2D eigenvalue weighted by molar-refractivity contribution is 7.89. The average Bonchev–Trinajstić information content (AvgIpc) is 2.79. The van der Waals surface area contributed by atoms with Gasteiger partial charge in [-0.2, -0.15) is 0 Å². The van der Waals surface area contributed by atoms with Crippen molar-refractivity contribution in [2.75, 3.05) is 0 Å². The molecule has 0 aliphatic rings. The van der Waals surface area contributed by atoms with Crippen molar-refractivity contribution in [3.05, 3.63) is 41.7 Å². The van der Waals surface area contributed by atoms with E-state index in [9.17, 15) is 8.42 Å². The lowest BCUT2D eigenvalue weighted by Crippen LogP contribution is -2.23. The largest absolute Gasteiger partial charge is 0.347 e. The van der Waals surface area contributed by atoms with Crippen LogP contribution in [-0.2, 0) is 16.6 Å². The van der Waals surface area contributed by atoms with Crippen molar-refractivity contribution < 1.29 is 8.42 Å². The fraction of sp³-hybridized carbons (Fsp3) is 0.111. The molecule has 17 heavy (non-hydrogen) atoms. The molecule has 2 aromatic heterocycles. The molecule has 90 valence electrons. The summed E-state index contributed by atoms with van der Waals surface area (Å²) in [6.45, 7) is 0.141. The van der Waals surface area contributed by atoms with Crippen molar-refractivity contribution in [3.8, 4) is 0 Å². The first-order valence-corrected chi connectivity index (χ1v) is 6.52. The van der Waals surface area contributed by atoms with Crippen molar-refractivity contribution in [2.45, 2.75) is 11.4 Å². The highest BCUT2D eigenvalue weighted by Crippen LogP contribution is 2.12. The highest BCUT2D eigenvalue weighted by atomic mass is 35.5. The molecule has 0 aromatic carbocycles. The molecule has 6 nitrogen and oxygen atoms in total. The topological polar surface area (TPSA) is 87.7 Å². The first-order chi connectivity index (χ1) is 8.08. The van der Waals surface area contributed by atoms with E-state index < -0.39 is 10.0 Å². The molecule has 0 aliphatic carbocycles. The van der Waals surface area contributed by atoms with Crippen LogP contribution in [0.25, 0.3) is 0 Å². The molecule has 0 saturated heterocycles. The number of hydrogen-bond donors (Lipinski definition) is 2. The first-order valence-electron chi connectivity index (χ1n) is 4.66. The van der Waals surface area contributed by atoms with Crippen LogP contribution in [0.2, 0.25) is 5.15 Å². The Morgan fingerprint density at radius 3 is 2.94 bits per heavy atom. The maximum Gasteiger partial charge on any atom is 0.241 e. The van der Waals surface area contributed by atoms with Crippen molar-refractivity contribution in [2.24, 2.45) is 0 Å². The number of nitrogens with zero attached hydrogens (tertiary/aromatic N) is 2. The van der Waals surface area contributed by atoms with Gasteiger partial charge >= 0.3 is 0 Å². The van der Waals surface area contributed by atoms with Gasteiger partial charge in [0.2, 0.25) is 10.0 Å². The molecule has 0 spiro atoms. The van der Waals surface area contributed by atoms with E-state index in [1.807, 2.05) is 0 Å². The monoisotopic (exact) mass is 272 g/mol. The third-order valence-corrected chi connectivity index (χ3v) is 3.62. The normalized spacial score (nSPS) is 11.6. The van der Waals surface area contributed by atoms with Gasteiger partial charge in [0.05, 0.1) is 17.8 Å². The molecule has 0 amide bonds. The number of imidazole rings is 1. The van der Waals surface area contributed by atoms with Crippen molar-refractivity contribution in [1.29, 1.82) is 0 Å². The zero-order chi connectivity index (χ0) is 12.3. The van der Waals surface area contributed by atoms with E-state index in [1.54, 1.807) is 6.20 Å². The van der Waals surface area contributed by atoms with Gasteiger partial charge in [-0.3, -0.25) is 0 Å². The van der Waals surface area contributed by atoms with Crippen LogP contribution in [0.15, 0.2) is 35.7 Å². The van der Waals surface area contributed by atoms with Gasteiger partial charge in [-0.05, 0) is 12.1 Å². The Morgan fingerprint density at radius 1 is 1.47 bits per heavy atom. The zero-order valence-corrected chi connectivity index (χ0v) is 10.2. The second-order valence-corrected chi connectivity index (χ2v) is 5.37. The molecule has 8 heteroatoms. The molecule has 0 radical (unpaired) electrons. The van der Waals surface area contributed by atoms with E-state index >= 15 is 0 Å². The van der Waals surface area contributed by atoms with Gasteiger partial charge < -0.3 is 4.98 Å². The Kier molecular flexibility index (Phi) is 3.41. The van der Waals surface area contributed by atoms with E-state index in [1.165, 1.54) is 24.7 Å². The van der Waals surface area contributed by atoms with E-state index in [0.29, 0.717) is 5.69 Å². The average molecular weight is 273 g/mol. The summed E-state index contributed by atoms with van der Waals surface area (Å²) in [5, 5.41) is 0.134. The third kappa shape index (κ3) is 3.02. The minimum Gasteiger partial charge on any atom is -0.347 e. The fourth-order valence-corrected chi connectivity index (χ4v) is 2.45. The predicted octanol–water partition coefficient (Wildman–Crippen LogP) is 0.937. The molecule has 0 atom stereocenters. The summed E-state index contributed by atoms with van der Waals surface area (Å²) >= 11 is 5.63. The van der Waals surface area contributed by atoms with Crippen molar-refractivity contribution >= 4 is 21.6 Å². The quantitative estimate of drug-likeness (QED) is 0.811. The summed E-state index contributed by atoms with van der Waals surface area (Å²) < 4.78 is 26.1. The molecule has 2 aromatic rings. The third-order valence-electron chi connectivity index (χ3n) is 2.02. The van der Waals surface area contributed by atoms with Crippen molar-refractivity contribution in [1.82, 2.24) is 19.7 Å². The minimum absolute atomic E-state index is 0.0806. The van der Waals surface area contributed by atoms with Gasteiger partial charge in [0.1, 0.15) is 5.15 Å². The van der Waals surface area contributed by atoms with Crippen LogP contribution in [0.4, 0.5) is 0 Å². The van der Waals surface area contributed by atoms with Crippen molar-refractivity contribution in [3.63, 3.8) is 0 Å². The summed E-state index contributed by atoms with van der Waals surface area (Å²) in [5.74, 6) is 0. The van der Waals surface area contributed by atoms with E-state index in [0.717, 1.165) is 0 Å². The van der Waals surface area contributed by atoms with Crippen LogP contribution < -0.4 is 4.72 Å². The van der Waals surface area contributed by atoms with Gasteiger partial charge in [-0.25, -0.2) is 23.1 Å². The fourth-order valence-electron chi connectivity index (χ4n) is 1.19. The minimum atomic E-state index is -3.58. The Hall–Kier alpha value is -1.44. The number of halogens is 1. The maximum atomic E-state index is 11.8. The predicted molar refractivity (Wildman–Crippen MR) is 61.9 cm³/mol. The molecule has 2 N–H and O–H groups in total. The number of hydrogen-bond acceptors (Lipinski definition) is 4. The lowest BCUT2D eigenvalue weighted by molar-refractivity contribution is 0.580. The van der Waals surface area contributed by atoms with Crippen LogP contribution >= 0.6 is 11.6 Å². The van der Waals surface area contributed by atoms with Crippen LogP contribution in [0.1, 0.15) is 5.69 Å². The highest BCUT2D eigenvalue weighted by Gasteiger charge is 2.14. The van der Waals surface area contributed by atoms with Crippen LogP contribution in [0.3, 0.4) is 0 Å². The maximum absolute atomic E-state index is 11.8. The number of aromatic nitrogens is 3. The first kappa shape index (κ1) is 12.0. The van der Waals surface area contributed by atoms with Gasteiger partial charge in [0.25, 0.3) is 0 Å². The number of pyridine rings is 1. The van der Waals surface area contributed by atoms with Gasteiger partial charge in [-0.15, -0.1) is 0 Å². The molecule has 0 aliphatic heterocycles. The van der Waals surface area contributed by atoms with Crippen LogP contribution in [0, 0.1) is 0 Å². The Balaban J connectivity index is 2.14. The lowest BCUT2D eigenvalue weighted by Gasteiger charge is -2.05. The smallest absolute Gasteiger partial charge is 0.241 e. The SMILES string of the molecule is O=S(=O)(NCc1cnc[nH]1)c1ccnc(Cl)c1. The number of aromatic amines is 1. The van der Waals surface area contributed by atoms with Crippen LogP contribution in [-0.4, -0.2) is 23.4 Å². The number of rotatable bonds is 4. The summed E-state index contributed by atoms with van der Waals surface area (Å²) in [4.78, 5) is 10.4. The summed E-state index contributed by atoms with van der Waals surface area (Å²) in [6.07, 6.45) is 4.36. The Morgan fingerprint density at radius 2 is 2.29 bits per heavy atom. The standard InChI is InChI=1S/C9H9ClN4O2S/c10-9-3-8(1-2-12-9)17(15,16)14-5-7-4-11-6-13-7/h1-4,6,14H,5H2,(H,11,13). The molecular weight excluding hydrogens is 264 g/mol. The van der Waals surface area contributed by atoms with E-state index in [-0.39, 0.29) is 16.6 Å². The number of sulfonamides is 1. The number of H-pyrrole nitrogens is 1. The second kappa shape index (κ2) is 4.82.